The minimum absolute atomic E-state index is 0.610. The van der Waals surface area contributed by atoms with Gasteiger partial charge in [0, 0.05) is 12.6 Å². The summed E-state index contributed by atoms with van der Waals surface area (Å²) in [5.41, 5.74) is 1.26. The molecule has 0 amide bonds. The summed E-state index contributed by atoms with van der Waals surface area (Å²) in [6.07, 6.45) is 5.02. The topological polar surface area (TPSA) is 21.3 Å². The first kappa shape index (κ1) is 15.2. The summed E-state index contributed by atoms with van der Waals surface area (Å²) in [5.74, 6) is 0. The molecule has 2 nitrogen and oxygen atoms in total. The van der Waals surface area contributed by atoms with Crippen LogP contribution in [0.1, 0.15) is 45.1 Å². The van der Waals surface area contributed by atoms with Gasteiger partial charge in [0.2, 0.25) is 0 Å². The lowest BCUT2D eigenvalue weighted by atomic mass is 10.2. The fraction of sp³-hybridized carbons (Fsp3) is 0.625. The van der Waals surface area contributed by atoms with E-state index in [4.69, 9.17) is 4.74 Å². The fourth-order valence-corrected chi connectivity index (χ4v) is 1.84. The second-order valence-corrected chi connectivity index (χ2v) is 5.06. The van der Waals surface area contributed by atoms with Crippen molar-refractivity contribution in [1.82, 2.24) is 5.32 Å². The van der Waals surface area contributed by atoms with Crippen molar-refractivity contribution in [1.29, 1.82) is 0 Å². The molecular weight excluding hydrogens is 222 g/mol. The SMILES string of the molecule is CC(C)NCCCCCCOCc1ccccc1. The molecule has 1 aromatic rings. The average molecular weight is 249 g/mol. The van der Waals surface area contributed by atoms with Gasteiger partial charge in [0.15, 0.2) is 0 Å². The lowest BCUT2D eigenvalue weighted by Gasteiger charge is -2.07. The van der Waals surface area contributed by atoms with Crippen molar-refractivity contribution in [3.05, 3.63) is 35.9 Å². The molecule has 0 saturated carbocycles. The van der Waals surface area contributed by atoms with Crippen molar-refractivity contribution in [2.75, 3.05) is 13.2 Å². The first-order valence-electron chi connectivity index (χ1n) is 7.14. The number of benzene rings is 1. The van der Waals surface area contributed by atoms with Gasteiger partial charge in [-0.15, -0.1) is 0 Å². The normalized spacial score (nSPS) is 11.1. The highest BCUT2D eigenvalue weighted by molar-refractivity contribution is 5.13. The van der Waals surface area contributed by atoms with Gasteiger partial charge in [0.05, 0.1) is 6.61 Å². The number of hydrogen-bond acceptors (Lipinski definition) is 2. The zero-order chi connectivity index (χ0) is 13.1. The molecule has 0 atom stereocenters. The average Bonchev–Trinajstić information content (AvgIpc) is 2.37. The molecule has 102 valence electrons. The zero-order valence-corrected chi connectivity index (χ0v) is 11.8. The van der Waals surface area contributed by atoms with Crippen LogP contribution in [0.25, 0.3) is 0 Å². The molecule has 0 aliphatic carbocycles. The van der Waals surface area contributed by atoms with Crippen LogP contribution in [-0.4, -0.2) is 19.2 Å². The molecule has 0 bridgehead atoms. The number of nitrogens with one attached hydrogen (secondary N) is 1. The summed E-state index contributed by atoms with van der Waals surface area (Å²) in [5, 5.41) is 3.44. The van der Waals surface area contributed by atoms with Crippen LogP contribution in [-0.2, 0) is 11.3 Å². The molecule has 0 fully saturated rings. The summed E-state index contributed by atoms with van der Waals surface area (Å²) in [4.78, 5) is 0. The van der Waals surface area contributed by atoms with E-state index in [1.54, 1.807) is 0 Å². The van der Waals surface area contributed by atoms with E-state index in [-0.39, 0.29) is 0 Å². The number of rotatable bonds is 10. The smallest absolute Gasteiger partial charge is 0.0716 e. The Morgan fingerprint density at radius 1 is 1.00 bits per heavy atom. The van der Waals surface area contributed by atoms with E-state index in [0.29, 0.717) is 6.04 Å². The Balaban J connectivity index is 1.84. The monoisotopic (exact) mass is 249 g/mol. The highest BCUT2D eigenvalue weighted by atomic mass is 16.5. The first-order chi connectivity index (χ1) is 8.79. The van der Waals surface area contributed by atoms with Gasteiger partial charge in [-0.1, -0.05) is 57.0 Å². The van der Waals surface area contributed by atoms with Gasteiger partial charge in [-0.3, -0.25) is 0 Å². The molecule has 1 aromatic carbocycles. The van der Waals surface area contributed by atoms with Crippen molar-refractivity contribution < 1.29 is 4.74 Å². The van der Waals surface area contributed by atoms with E-state index >= 15 is 0 Å². The predicted molar refractivity (Wildman–Crippen MR) is 77.7 cm³/mol. The van der Waals surface area contributed by atoms with Crippen LogP contribution in [0.4, 0.5) is 0 Å². The van der Waals surface area contributed by atoms with Gasteiger partial charge in [0.1, 0.15) is 0 Å². The minimum Gasteiger partial charge on any atom is -0.377 e. The summed E-state index contributed by atoms with van der Waals surface area (Å²) in [7, 11) is 0. The highest BCUT2D eigenvalue weighted by Gasteiger charge is 1.94. The molecule has 0 aromatic heterocycles. The Kier molecular flexibility index (Phi) is 8.53. The molecule has 0 radical (unpaired) electrons. The fourth-order valence-electron chi connectivity index (χ4n) is 1.84. The van der Waals surface area contributed by atoms with E-state index in [1.165, 1.54) is 31.2 Å². The van der Waals surface area contributed by atoms with Crippen molar-refractivity contribution in [3.8, 4) is 0 Å². The third-order valence-electron chi connectivity index (χ3n) is 2.88. The zero-order valence-electron chi connectivity index (χ0n) is 11.8. The van der Waals surface area contributed by atoms with E-state index in [1.807, 2.05) is 6.07 Å². The number of unbranched alkanes of at least 4 members (excludes halogenated alkanes) is 3. The maximum atomic E-state index is 5.65. The van der Waals surface area contributed by atoms with E-state index < -0.39 is 0 Å². The second kappa shape index (κ2) is 10.1. The van der Waals surface area contributed by atoms with Crippen LogP contribution in [0.15, 0.2) is 30.3 Å². The van der Waals surface area contributed by atoms with Gasteiger partial charge in [-0.05, 0) is 24.9 Å². The van der Waals surface area contributed by atoms with Crippen LogP contribution >= 0.6 is 0 Å². The highest BCUT2D eigenvalue weighted by Crippen LogP contribution is 2.03. The van der Waals surface area contributed by atoms with Gasteiger partial charge in [-0.25, -0.2) is 0 Å². The van der Waals surface area contributed by atoms with Crippen LogP contribution in [0.5, 0.6) is 0 Å². The molecule has 0 aliphatic heterocycles. The Labute approximate surface area is 112 Å². The Hall–Kier alpha value is -0.860. The maximum absolute atomic E-state index is 5.65. The lowest BCUT2D eigenvalue weighted by molar-refractivity contribution is 0.116. The van der Waals surface area contributed by atoms with Gasteiger partial charge >= 0.3 is 0 Å². The predicted octanol–water partition coefficient (Wildman–Crippen LogP) is 3.76. The van der Waals surface area contributed by atoms with Gasteiger partial charge < -0.3 is 10.1 Å². The van der Waals surface area contributed by atoms with E-state index in [9.17, 15) is 0 Å². The Bertz CT molecular complexity index is 284. The molecular formula is C16H27NO. The summed E-state index contributed by atoms with van der Waals surface area (Å²) in [6.45, 7) is 7.15. The number of ether oxygens (including phenoxy) is 1. The molecule has 1 rings (SSSR count). The third kappa shape index (κ3) is 8.26. The second-order valence-electron chi connectivity index (χ2n) is 5.06. The van der Waals surface area contributed by atoms with Crippen molar-refractivity contribution >= 4 is 0 Å². The Morgan fingerprint density at radius 2 is 1.72 bits per heavy atom. The minimum atomic E-state index is 0.610. The van der Waals surface area contributed by atoms with Gasteiger partial charge in [0.25, 0.3) is 0 Å². The van der Waals surface area contributed by atoms with Crippen molar-refractivity contribution in [2.45, 2.75) is 52.2 Å². The molecule has 0 aliphatic rings. The molecule has 2 heteroatoms. The van der Waals surface area contributed by atoms with Crippen LogP contribution in [0.3, 0.4) is 0 Å². The molecule has 0 unspecified atom stereocenters. The summed E-state index contributed by atoms with van der Waals surface area (Å²) < 4.78 is 5.65. The largest absolute Gasteiger partial charge is 0.377 e. The van der Waals surface area contributed by atoms with Crippen LogP contribution in [0, 0.1) is 0 Å². The lowest BCUT2D eigenvalue weighted by Crippen LogP contribution is -2.23. The van der Waals surface area contributed by atoms with Crippen LogP contribution < -0.4 is 5.32 Å². The quantitative estimate of drug-likeness (QED) is 0.637. The molecule has 1 N–H and O–H groups in total. The van der Waals surface area contributed by atoms with E-state index in [0.717, 1.165) is 19.8 Å². The summed E-state index contributed by atoms with van der Waals surface area (Å²) >= 11 is 0. The molecule has 18 heavy (non-hydrogen) atoms. The third-order valence-corrected chi connectivity index (χ3v) is 2.88. The van der Waals surface area contributed by atoms with E-state index in [2.05, 4.69) is 43.4 Å². The van der Waals surface area contributed by atoms with Crippen molar-refractivity contribution in [3.63, 3.8) is 0 Å². The van der Waals surface area contributed by atoms with Crippen LogP contribution in [0.2, 0.25) is 0 Å². The van der Waals surface area contributed by atoms with Gasteiger partial charge in [-0.2, -0.15) is 0 Å². The Morgan fingerprint density at radius 3 is 2.44 bits per heavy atom. The molecule has 0 spiro atoms. The standard InChI is InChI=1S/C16H27NO/c1-15(2)17-12-8-3-4-9-13-18-14-16-10-6-5-7-11-16/h5-7,10-11,15,17H,3-4,8-9,12-14H2,1-2H3. The molecule has 0 heterocycles. The number of hydrogen-bond donors (Lipinski definition) is 1. The molecule has 0 saturated heterocycles. The first-order valence-corrected chi connectivity index (χ1v) is 7.14. The van der Waals surface area contributed by atoms with Crippen molar-refractivity contribution in [2.24, 2.45) is 0 Å². The maximum Gasteiger partial charge on any atom is 0.0716 e. The summed E-state index contributed by atoms with van der Waals surface area (Å²) in [6, 6.07) is 11.0.